The summed E-state index contributed by atoms with van der Waals surface area (Å²) in [6.45, 7) is 10.9. The second kappa shape index (κ2) is 10.0. The van der Waals surface area contributed by atoms with Crippen molar-refractivity contribution in [3.8, 4) is 0 Å². The van der Waals surface area contributed by atoms with Crippen molar-refractivity contribution in [2.24, 2.45) is 0 Å². The van der Waals surface area contributed by atoms with Crippen molar-refractivity contribution in [2.75, 3.05) is 37.6 Å². The molecule has 3 heterocycles. The molecule has 0 bridgehead atoms. The predicted molar refractivity (Wildman–Crippen MR) is 133 cm³/mol. The molecule has 2 aliphatic rings. The number of amides is 2. The molecule has 0 aliphatic carbocycles. The lowest BCUT2D eigenvalue weighted by molar-refractivity contribution is 0.0240. The Bertz CT molecular complexity index is 1020. The Morgan fingerprint density at radius 1 is 0.941 bits per heavy atom. The number of nitrogens with zero attached hydrogens (tertiary/aromatic N) is 4. The molecule has 7 nitrogen and oxygen atoms in total. The van der Waals surface area contributed by atoms with Gasteiger partial charge in [-0.15, -0.1) is 0 Å². The van der Waals surface area contributed by atoms with Gasteiger partial charge in [0.25, 0.3) is 5.91 Å². The number of aromatic nitrogens is 1. The summed E-state index contributed by atoms with van der Waals surface area (Å²) in [4.78, 5) is 36.6. The van der Waals surface area contributed by atoms with Gasteiger partial charge in [-0.05, 0) is 70.2 Å². The quantitative estimate of drug-likeness (QED) is 0.652. The number of rotatable bonds is 3. The summed E-state index contributed by atoms with van der Waals surface area (Å²) in [7, 11) is 0. The van der Waals surface area contributed by atoms with Crippen molar-refractivity contribution in [2.45, 2.75) is 58.6 Å². The number of carbonyl (C=O) groups excluding carboxylic acids is 2. The van der Waals surface area contributed by atoms with Gasteiger partial charge in [0.15, 0.2) is 0 Å². The van der Waals surface area contributed by atoms with Crippen LogP contribution in [0.15, 0.2) is 42.5 Å². The highest BCUT2D eigenvalue weighted by atomic mass is 16.6. The molecule has 2 aromatic rings. The van der Waals surface area contributed by atoms with E-state index in [0.717, 1.165) is 31.6 Å². The number of carbonyl (C=O) groups is 2. The van der Waals surface area contributed by atoms with E-state index in [1.807, 2.05) is 49.9 Å². The Balaban J connectivity index is 1.45. The third kappa shape index (κ3) is 5.51. The number of anilines is 1. The van der Waals surface area contributed by atoms with E-state index in [0.29, 0.717) is 31.9 Å². The van der Waals surface area contributed by atoms with Gasteiger partial charge in [0.05, 0.1) is 6.04 Å². The van der Waals surface area contributed by atoms with Crippen molar-refractivity contribution in [1.82, 2.24) is 14.8 Å². The molecule has 1 atom stereocenters. The van der Waals surface area contributed by atoms with E-state index in [2.05, 4.69) is 30.0 Å². The zero-order chi connectivity index (χ0) is 24.3. The monoisotopic (exact) mass is 464 g/mol. The van der Waals surface area contributed by atoms with Crippen LogP contribution in [0.3, 0.4) is 0 Å². The zero-order valence-electron chi connectivity index (χ0n) is 20.8. The van der Waals surface area contributed by atoms with Gasteiger partial charge in [-0.3, -0.25) is 4.79 Å². The van der Waals surface area contributed by atoms with Gasteiger partial charge in [0.2, 0.25) is 0 Å². The molecular weight excluding hydrogens is 428 g/mol. The lowest BCUT2D eigenvalue weighted by Crippen LogP contribution is -2.50. The van der Waals surface area contributed by atoms with E-state index < -0.39 is 5.60 Å². The van der Waals surface area contributed by atoms with Gasteiger partial charge in [-0.25, -0.2) is 9.78 Å². The molecule has 2 fully saturated rings. The summed E-state index contributed by atoms with van der Waals surface area (Å²) < 4.78 is 5.49. The number of ether oxygens (including phenoxy) is 1. The Hall–Kier alpha value is -3.09. The minimum absolute atomic E-state index is 0.0119. The number of likely N-dealkylation sites (tertiary alicyclic amines) is 1. The van der Waals surface area contributed by atoms with Gasteiger partial charge < -0.3 is 19.4 Å². The second-order valence-corrected chi connectivity index (χ2v) is 10.2. The van der Waals surface area contributed by atoms with Crippen molar-refractivity contribution in [3.05, 3.63) is 59.3 Å². The number of hydrogen-bond donors (Lipinski definition) is 0. The van der Waals surface area contributed by atoms with E-state index in [-0.39, 0.29) is 18.0 Å². The van der Waals surface area contributed by atoms with Gasteiger partial charge in [0, 0.05) is 32.7 Å². The van der Waals surface area contributed by atoms with Crippen LogP contribution in [0.5, 0.6) is 0 Å². The largest absolute Gasteiger partial charge is 0.444 e. The molecule has 4 rings (SSSR count). The number of benzene rings is 1. The summed E-state index contributed by atoms with van der Waals surface area (Å²) in [5.74, 6) is 0.765. The normalized spacial score (nSPS) is 19.2. The lowest BCUT2D eigenvalue weighted by atomic mass is 9.92. The third-order valence-electron chi connectivity index (χ3n) is 6.52. The molecule has 0 spiro atoms. The number of pyridine rings is 1. The molecule has 0 saturated carbocycles. The maximum Gasteiger partial charge on any atom is 0.410 e. The van der Waals surface area contributed by atoms with Crippen molar-refractivity contribution >= 4 is 17.8 Å². The first-order valence-electron chi connectivity index (χ1n) is 12.3. The first-order valence-corrected chi connectivity index (χ1v) is 12.3. The van der Waals surface area contributed by atoms with Crippen LogP contribution in [0.4, 0.5) is 10.6 Å². The van der Waals surface area contributed by atoms with Gasteiger partial charge in [-0.1, -0.05) is 30.3 Å². The van der Waals surface area contributed by atoms with E-state index >= 15 is 0 Å². The average molecular weight is 465 g/mol. The molecule has 1 unspecified atom stereocenters. The highest BCUT2D eigenvalue weighted by Crippen LogP contribution is 2.33. The second-order valence-electron chi connectivity index (χ2n) is 10.2. The van der Waals surface area contributed by atoms with Crippen LogP contribution in [0, 0.1) is 6.92 Å². The lowest BCUT2D eigenvalue weighted by Gasteiger charge is -2.37. The third-order valence-corrected chi connectivity index (χ3v) is 6.52. The summed E-state index contributed by atoms with van der Waals surface area (Å²) >= 11 is 0. The van der Waals surface area contributed by atoms with Crippen LogP contribution < -0.4 is 4.90 Å². The Labute approximate surface area is 202 Å². The van der Waals surface area contributed by atoms with E-state index in [4.69, 9.17) is 9.72 Å². The van der Waals surface area contributed by atoms with Gasteiger partial charge in [0.1, 0.15) is 17.1 Å². The minimum atomic E-state index is -0.505. The Kier molecular flexibility index (Phi) is 7.10. The molecule has 1 aromatic heterocycles. The Morgan fingerprint density at radius 3 is 2.38 bits per heavy atom. The first kappa shape index (κ1) is 24.0. The minimum Gasteiger partial charge on any atom is -0.444 e. The summed E-state index contributed by atoms with van der Waals surface area (Å²) in [5, 5.41) is 0. The van der Waals surface area contributed by atoms with E-state index in [1.54, 1.807) is 4.90 Å². The highest BCUT2D eigenvalue weighted by Gasteiger charge is 2.31. The smallest absolute Gasteiger partial charge is 0.410 e. The number of aryl methyl sites for hydroxylation is 1. The topological polar surface area (TPSA) is 66.0 Å². The molecule has 0 N–H and O–H groups in total. The molecule has 7 heteroatoms. The van der Waals surface area contributed by atoms with Gasteiger partial charge >= 0.3 is 6.09 Å². The molecule has 182 valence electrons. The number of piperidine rings is 1. The van der Waals surface area contributed by atoms with Crippen molar-refractivity contribution in [3.63, 3.8) is 0 Å². The van der Waals surface area contributed by atoms with Crippen molar-refractivity contribution in [1.29, 1.82) is 0 Å². The maximum atomic E-state index is 13.6. The molecule has 0 radical (unpaired) electrons. The molecule has 2 amide bonds. The molecule has 2 saturated heterocycles. The van der Waals surface area contributed by atoms with Crippen LogP contribution in [-0.4, -0.2) is 65.1 Å². The molecule has 1 aromatic carbocycles. The maximum absolute atomic E-state index is 13.6. The summed E-state index contributed by atoms with van der Waals surface area (Å²) in [6, 6.07) is 14.1. The van der Waals surface area contributed by atoms with E-state index in [1.165, 1.54) is 11.1 Å². The fourth-order valence-electron chi connectivity index (χ4n) is 4.77. The van der Waals surface area contributed by atoms with Crippen LogP contribution in [0.2, 0.25) is 0 Å². The SMILES string of the molecule is Cc1ccccc1C1CCCCN1C(=O)c1cccc(N2CCN(C(=O)OC(C)(C)C)CC2)n1. The fourth-order valence-corrected chi connectivity index (χ4v) is 4.77. The van der Waals surface area contributed by atoms with Gasteiger partial charge in [-0.2, -0.15) is 0 Å². The van der Waals surface area contributed by atoms with E-state index in [9.17, 15) is 9.59 Å². The predicted octanol–water partition coefficient (Wildman–Crippen LogP) is 4.81. The summed E-state index contributed by atoms with van der Waals surface area (Å²) in [5.41, 5.74) is 2.42. The molecule has 34 heavy (non-hydrogen) atoms. The van der Waals surface area contributed by atoms with Crippen molar-refractivity contribution < 1.29 is 14.3 Å². The first-order chi connectivity index (χ1) is 16.2. The highest BCUT2D eigenvalue weighted by molar-refractivity contribution is 5.93. The van der Waals surface area contributed by atoms with Crippen LogP contribution in [0.1, 0.15) is 67.7 Å². The Morgan fingerprint density at radius 2 is 1.68 bits per heavy atom. The summed E-state index contributed by atoms with van der Waals surface area (Å²) in [6.07, 6.45) is 2.83. The average Bonchev–Trinajstić information content (AvgIpc) is 2.83. The fraction of sp³-hybridized carbons (Fsp3) is 0.519. The standard InChI is InChI=1S/C27H36N4O3/c1-20-10-5-6-11-21(20)23-13-7-8-15-31(23)25(32)22-12-9-14-24(28-22)29-16-18-30(19-17-29)26(33)34-27(2,3)4/h5-6,9-12,14,23H,7-8,13,15-19H2,1-4H3. The zero-order valence-corrected chi connectivity index (χ0v) is 20.8. The number of piperazine rings is 1. The van der Waals surface area contributed by atoms with Crippen LogP contribution >= 0.6 is 0 Å². The molecule has 2 aliphatic heterocycles. The van der Waals surface area contributed by atoms with Crippen LogP contribution in [-0.2, 0) is 4.74 Å². The van der Waals surface area contributed by atoms with Crippen LogP contribution in [0.25, 0.3) is 0 Å². The molecular formula is C27H36N4O3. The number of hydrogen-bond acceptors (Lipinski definition) is 5.